The van der Waals surface area contributed by atoms with Crippen LogP contribution in [0.4, 0.5) is 14.7 Å². The van der Waals surface area contributed by atoms with E-state index in [0.29, 0.717) is 55.0 Å². The topological polar surface area (TPSA) is 76.3 Å². The number of aliphatic hydroxyl groups is 1. The van der Waals surface area contributed by atoms with E-state index in [9.17, 15) is 13.9 Å². The van der Waals surface area contributed by atoms with Gasteiger partial charge in [0, 0.05) is 24.8 Å². The van der Waals surface area contributed by atoms with Gasteiger partial charge in [0.1, 0.15) is 5.82 Å². The van der Waals surface area contributed by atoms with Crippen molar-refractivity contribution in [1.82, 2.24) is 19.5 Å². The average Bonchev–Trinajstić information content (AvgIpc) is 3.26. The first-order valence-corrected chi connectivity index (χ1v) is 12.2. The van der Waals surface area contributed by atoms with Crippen LogP contribution in [-0.4, -0.2) is 57.0 Å². The maximum absolute atomic E-state index is 14.0. The quantitative estimate of drug-likeness (QED) is 0.548. The van der Waals surface area contributed by atoms with Crippen LogP contribution in [0.1, 0.15) is 56.5 Å². The van der Waals surface area contributed by atoms with E-state index in [-0.39, 0.29) is 11.9 Å². The van der Waals surface area contributed by atoms with Crippen molar-refractivity contribution in [2.45, 2.75) is 57.5 Å². The van der Waals surface area contributed by atoms with E-state index in [0.717, 1.165) is 50.6 Å². The average molecular weight is 472 g/mol. The summed E-state index contributed by atoms with van der Waals surface area (Å²) in [4.78, 5) is 15.8. The normalized spacial score (nSPS) is 21.5. The molecule has 1 aliphatic heterocycles. The Morgan fingerprint density at radius 1 is 1.03 bits per heavy atom. The van der Waals surface area contributed by atoms with Gasteiger partial charge in [-0.1, -0.05) is 18.6 Å². The first-order chi connectivity index (χ1) is 16.6. The van der Waals surface area contributed by atoms with Gasteiger partial charge in [-0.2, -0.15) is 4.98 Å². The number of aromatic nitrogens is 4. The molecule has 0 radical (unpaired) electrons. The molecule has 0 amide bonds. The number of morpholine rings is 1. The van der Waals surface area contributed by atoms with Crippen LogP contribution in [0.5, 0.6) is 0 Å². The third-order valence-corrected chi connectivity index (χ3v) is 6.92. The molecule has 34 heavy (non-hydrogen) atoms. The van der Waals surface area contributed by atoms with Gasteiger partial charge in [0.2, 0.25) is 5.95 Å². The number of aryl methyl sites for hydroxylation is 1. The van der Waals surface area contributed by atoms with E-state index in [4.69, 9.17) is 14.7 Å². The van der Waals surface area contributed by atoms with Gasteiger partial charge in [-0.3, -0.25) is 4.57 Å². The molecule has 7 nitrogen and oxygen atoms in total. The Morgan fingerprint density at radius 3 is 2.56 bits per heavy atom. The predicted octanol–water partition coefficient (Wildman–Crippen LogP) is 4.46. The molecule has 1 N–H and O–H groups in total. The second-order valence-corrected chi connectivity index (χ2v) is 9.28. The second-order valence-electron chi connectivity index (χ2n) is 9.28. The Kier molecular flexibility index (Phi) is 7.01. The Morgan fingerprint density at radius 2 is 1.79 bits per heavy atom. The third kappa shape index (κ3) is 5.05. The van der Waals surface area contributed by atoms with E-state index in [1.807, 2.05) is 12.1 Å². The highest BCUT2D eigenvalue weighted by atomic mass is 19.3. The highest BCUT2D eigenvalue weighted by Gasteiger charge is 2.24. The Labute approximate surface area is 197 Å². The molecule has 0 atom stereocenters. The van der Waals surface area contributed by atoms with Crippen LogP contribution in [0.3, 0.4) is 0 Å². The summed E-state index contributed by atoms with van der Waals surface area (Å²) >= 11 is 0. The Hall–Kier alpha value is -2.65. The number of nitrogens with zero attached hydrogens (tertiary/aromatic N) is 5. The fourth-order valence-corrected chi connectivity index (χ4v) is 5.05. The highest BCUT2D eigenvalue weighted by Crippen LogP contribution is 2.30. The molecule has 9 heteroatoms. The minimum atomic E-state index is -2.72. The van der Waals surface area contributed by atoms with Crippen molar-refractivity contribution in [3.05, 3.63) is 41.9 Å². The van der Waals surface area contributed by atoms with E-state index in [1.54, 1.807) is 18.2 Å². The minimum absolute atomic E-state index is 0.147. The lowest BCUT2D eigenvalue weighted by molar-refractivity contribution is 0.106. The molecule has 3 heterocycles. The number of ether oxygens (including phenoxy) is 1. The molecule has 0 bridgehead atoms. The molecule has 5 rings (SSSR count). The number of imidazole rings is 1. The summed E-state index contributed by atoms with van der Waals surface area (Å²) < 4.78 is 34.9. The van der Waals surface area contributed by atoms with Crippen molar-refractivity contribution in [2.75, 3.05) is 31.2 Å². The molecule has 0 unspecified atom stereocenters. The Bertz CT molecular complexity index is 1110. The van der Waals surface area contributed by atoms with Gasteiger partial charge in [-0.05, 0) is 56.6 Å². The molecule has 1 aliphatic carbocycles. The number of hydrogen-bond donors (Lipinski definition) is 1. The summed E-state index contributed by atoms with van der Waals surface area (Å²) in [5.41, 5.74) is 1.97. The zero-order chi connectivity index (χ0) is 23.5. The van der Waals surface area contributed by atoms with Gasteiger partial charge in [-0.15, -0.1) is 0 Å². The molecular formula is C25H31F2N5O2. The van der Waals surface area contributed by atoms with E-state index in [2.05, 4.69) is 9.88 Å². The molecule has 1 aromatic carbocycles. The number of aliphatic hydroxyl groups excluding tert-OH is 1. The van der Waals surface area contributed by atoms with E-state index in [1.165, 1.54) is 4.57 Å². The fourth-order valence-electron chi connectivity index (χ4n) is 5.05. The zero-order valence-corrected chi connectivity index (χ0v) is 19.2. The van der Waals surface area contributed by atoms with Gasteiger partial charge in [-0.25, -0.2) is 18.7 Å². The van der Waals surface area contributed by atoms with E-state index >= 15 is 0 Å². The van der Waals surface area contributed by atoms with Crippen molar-refractivity contribution < 1.29 is 18.6 Å². The SMILES string of the molecule is OC1CCC(CCCc2cc(-n3c(C(F)F)nc4ccccc43)nc(N3CCOCC3)n2)CC1. The number of benzene rings is 1. The third-order valence-electron chi connectivity index (χ3n) is 6.92. The van der Waals surface area contributed by atoms with Crippen molar-refractivity contribution in [3.63, 3.8) is 0 Å². The molecule has 3 aromatic rings. The first kappa shape index (κ1) is 23.1. The van der Waals surface area contributed by atoms with Crippen LogP contribution < -0.4 is 4.90 Å². The number of para-hydroxylation sites is 2. The van der Waals surface area contributed by atoms with Gasteiger partial charge in [0.15, 0.2) is 5.82 Å². The molecule has 2 fully saturated rings. The summed E-state index contributed by atoms with van der Waals surface area (Å²) in [6, 6.07) is 8.98. The lowest BCUT2D eigenvalue weighted by Gasteiger charge is -2.27. The van der Waals surface area contributed by atoms with Crippen molar-refractivity contribution in [3.8, 4) is 5.82 Å². The van der Waals surface area contributed by atoms with Crippen LogP contribution in [0.25, 0.3) is 16.9 Å². The van der Waals surface area contributed by atoms with Gasteiger partial charge in [0.25, 0.3) is 6.43 Å². The molecular weight excluding hydrogens is 440 g/mol. The highest BCUT2D eigenvalue weighted by molar-refractivity contribution is 5.78. The summed E-state index contributed by atoms with van der Waals surface area (Å²) in [5.74, 6) is 1.30. The first-order valence-electron chi connectivity index (χ1n) is 12.2. The number of rotatable bonds is 7. The van der Waals surface area contributed by atoms with Crippen molar-refractivity contribution >= 4 is 17.0 Å². The molecule has 1 saturated carbocycles. The number of alkyl halides is 2. The van der Waals surface area contributed by atoms with Crippen LogP contribution in [0.15, 0.2) is 30.3 Å². The van der Waals surface area contributed by atoms with E-state index < -0.39 is 6.43 Å². The lowest BCUT2D eigenvalue weighted by atomic mass is 9.84. The molecule has 182 valence electrons. The second kappa shape index (κ2) is 10.3. The maximum atomic E-state index is 14.0. The lowest BCUT2D eigenvalue weighted by Crippen LogP contribution is -2.37. The van der Waals surface area contributed by atoms with Crippen molar-refractivity contribution in [1.29, 1.82) is 0 Å². The van der Waals surface area contributed by atoms with Gasteiger partial charge < -0.3 is 14.7 Å². The molecule has 2 aliphatic rings. The van der Waals surface area contributed by atoms with Crippen LogP contribution in [0.2, 0.25) is 0 Å². The largest absolute Gasteiger partial charge is 0.393 e. The number of hydrogen-bond acceptors (Lipinski definition) is 6. The summed E-state index contributed by atoms with van der Waals surface area (Å²) in [5, 5.41) is 9.75. The monoisotopic (exact) mass is 471 g/mol. The predicted molar refractivity (Wildman–Crippen MR) is 126 cm³/mol. The van der Waals surface area contributed by atoms with Crippen LogP contribution in [-0.2, 0) is 11.2 Å². The molecule has 2 aromatic heterocycles. The summed E-state index contributed by atoms with van der Waals surface area (Å²) in [7, 11) is 0. The number of halogens is 2. The summed E-state index contributed by atoms with van der Waals surface area (Å²) in [6.45, 7) is 2.51. The number of anilines is 1. The fraction of sp³-hybridized carbons (Fsp3) is 0.560. The molecule has 1 saturated heterocycles. The minimum Gasteiger partial charge on any atom is -0.393 e. The van der Waals surface area contributed by atoms with Crippen molar-refractivity contribution in [2.24, 2.45) is 5.92 Å². The smallest absolute Gasteiger partial charge is 0.296 e. The van der Waals surface area contributed by atoms with Crippen LogP contribution >= 0.6 is 0 Å². The maximum Gasteiger partial charge on any atom is 0.296 e. The Balaban J connectivity index is 1.46. The van der Waals surface area contributed by atoms with Gasteiger partial charge in [0.05, 0.1) is 30.4 Å². The van der Waals surface area contributed by atoms with Crippen LogP contribution in [0, 0.1) is 5.92 Å². The van der Waals surface area contributed by atoms with Gasteiger partial charge >= 0.3 is 0 Å². The zero-order valence-electron chi connectivity index (χ0n) is 19.2. The molecule has 0 spiro atoms. The standard InChI is InChI=1S/C25H31F2N5O2/c26-23(27)24-29-20-6-1-2-7-21(20)32(24)22-16-18(5-3-4-17-8-10-19(33)11-9-17)28-25(30-22)31-12-14-34-15-13-31/h1-2,6-7,16-17,19,23,33H,3-5,8-15H2. The number of fused-ring (bicyclic) bond motifs is 1. The summed E-state index contributed by atoms with van der Waals surface area (Å²) in [6.07, 6.45) is 3.82.